The molecule has 1 heterocycles. The fourth-order valence-electron chi connectivity index (χ4n) is 3.05. The van der Waals surface area contributed by atoms with Gasteiger partial charge in [-0.05, 0) is 54.8 Å². The van der Waals surface area contributed by atoms with Gasteiger partial charge in [0.25, 0.3) is 0 Å². The van der Waals surface area contributed by atoms with E-state index in [9.17, 15) is 14.4 Å². The van der Waals surface area contributed by atoms with E-state index in [0.29, 0.717) is 10.4 Å². The van der Waals surface area contributed by atoms with Gasteiger partial charge in [-0.3, -0.25) is 14.4 Å². The number of fused-ring (bicyclic) bond motifs is 1. The fraction of sp³-hybridized carbons (Fsp3) is 0.350. The minimum absolute atomic E-state index is 0.0153. The Morgan fingerprint density at radius 2 is 1.92 bits per heavy atom. The molecule has 4 nitrogen and oxygen atoms in total. The molecule has 0 fully saturated rings. The number of hydrogen-bond acceptors (Lipinski definition) is 5. The van der Waals surface area contributed by atoms with Gasteiger partial charge in [0, 0.05) is 12.0 Å². The van der Waals surface area contributed by atoms with Gasteiger partial charge in [0.05, 0.1) is 11.3 Å². The van der Waals surface area contributed by atoms with Gasteiger partial charge < -0.3 is 4.74 Å². The average molecular weight is 356 g/mol. The molecule has 0 radical (unpaired) electrons. The van der Waals surface area contributed by atoms with Crippen LogP contribution in [0.4, 0.5) is 0 Å². The number of benzene rings is 1. The summed E-state index contributed by atoms with van der Waals surface area (Å²) in [4.78, 5) is 36.9. The van der Waals surface area contributed by atoms with E-state index in [2.05, 4.69) is 0 Å². The molecule has 0 saturated carbocycles. The zero-order chi connectivity index (χ0) is 17.8. The quantitative estimate of drug-likeness (QED) is 0.555. The van der Waals surface area contributed by atoms with Gasteiger partial charge in [-0.1, -0.05) is 18.2 Å². The Kier molecular flexibility index (Phi) is 5.43. The minimum atomic E-state index is -0.844. The van der Waals surface area contributed by atoms with Gasteiger partial charge in [-0.25, -0.2) is 0 Å². The van der Waals surface area contributed by atoms with Gasteiger partial charge in [0.2, 0.25) is 5.78 Å². The molecule has 1 aromatic heterocycles. The first kappa shape index (κ1) is 17.5. The Morgan fingerprint density at radius 1 is 1.12 bits per heavy atom. The number of hydrogen-bond donors (Lipinski definition) is 0. The first-order valence-corrected chi connectivity index (χ1v) is 9.35. The summed E-state index contributed by atoms with van der Waals surface area (Å²) in [5.41, 5.74) is 3.09. The van der Waals surface area contributed by atoms with Crippen molar-refractivity contribution < 1.29 is 19.1 Å². The number of thiophene rings is 1. The van der Waals surface area contributed by atoms with E-state index in [1.54, 1.807) is 25.1 Å². The minimum Gasteiger partial charge on any atom is -0.454 e. The molecule has 2 aromatic rings. The lowest BCUT2D eigenvalue weighted by Gasteiger charge is -2.13. The van der Waals surface area contributed by atoms with Crippen molar-refractivity contribution in [1.82, 2.24) is 0 Å². The van der Waals surface area contributed by atoms with Crippen molar-refractivity contribution in [2.45, 2.75) is 45.1 Å². The second-order valence-electron chi connectivity index (χ2n) is 6.23. The van der Waals surface area contributed by atoms with Crippen molar-refractivity contribution in [3.05, 3.63) is 57.3 Å². The summed E-state index contributed by atoms with van der Waals surface area (Å²) in [6.45, 7) is 1.58. The van der Waals surface area contributed by atoms with Crippen molar-refractivity contribution >= 4 is 28.9 Å². The normalized spacial score (nSPS) is 14.0. The molecule has 0 amide bonds. The summed E-state index contributed by atoms with van der Waals surface area (Å²) in [6, 6.07) is 9.24. The van der Waals surface area contributed by atoms with Crippen LogP contribution in [0.3, 0.4) is 0 Å². The Balaban J connectivity index is 1.52. The third-order valence-corrected chi connectivity index (χ3v) is 5.32. The Morgan fingerprint density at radius 3 is 2.68 bits per heavy atom. The van der Waals surface area contributed by atoms with Crippen LogP contribution in [0.1, 0.15) is 57.3 Å². The van der Waals surface area contributed by atoms with Crippen LogP contribution in [-0.4, -0.2) is 23.6 Å². The number of ether oxygens (including phenoxy) is 1. The van der Waals surface area contributed by atoms with Crippen LogP contribution in [-0.2, 0) is 22.4 Å². The number of rotatable bonds is 7. The molecular formula is C20H20O4S. The zero-order valence-electron chi connectivity index (χ0n) is 14.1. The van der Waals surface area contributed by atoms with Crippen LogP contribution in [0, 0.1) is 0 Å². The Bertz CT molecular complexity index is 792. The molecule has 0 aliphatic heterocycles. The van der Waals surface area contributed by atoms with Crippen molar-refractivity contribution in [1.29, 1.82) is 0 Å². The van der Waals surface area contributed by atoms with Crippen molar-refractivity contribution in [2.24, 2.45) is 0 Å². The average Bonchev–Trinajstić information content (AvgIpc) is 3.29. The van der Waals surface area contributed by atoms with E-state index in [4.69, 9.17) is 4.74 Å². The van der Waals surface area contributed by atoms with E-state index < -0.39 is 12.1 Å². The molecule has 0 N–H and O–H groups in total. The SMILES string of the molecule is CC(OC(=O)CCC(=O)c1cccs1)C(=O)c1ccc2c(c1)CCC2. The first-order valence-electron chi connectivity index (χ1n) is 8.47. The number of esters is 1. The van der Waals surface area contributed by atoms with E-state index in [0.717, 1.165) is 19.3 Å². The van der Waals surface area contributed by atoms with Crippen molar-refractivity contribution in [2.75, 3.05) is 0 Å². The van der Waals surface area contributed by atoms with E-state index in [1.165, 1.54) is 22.5 Å². The van der Waals surface area contributed by atoms with Gasteiger partial charge in [-0.15, -0.1) is 11.3 Å². The second kappa shape index (κ2) is 7.74. The van der Waals surface area contributed by atoms with Crippen LogP contribution < -0.4 is 0 Å². The molecule has 130 valence electrons. The standard InChI is InChI=1S/C20H20O4S/c1-13(20(23)16-8-7-14-4-2-5-15(14)12-16)24-19(22)10-9-17(21)18-6-3-11-25-18/h3,6-8,11-13H,2,4-5,9-10H2,1H3. The molecule has 5 heteroatoms. The summed E-state index contributed by atoms with van der Waals surface area (Å²) in [7, 11) is 0. The molecule has 1 aliphatic carbocycles. The summed E-state index contributed by atoms with van der Waals surface area (Å²) in [5, 5.41) is 1.82. The monoisotopic (exact) mass is 356 g/mol. The third kappa shape index (κ3) is 4.23. The summed E-state index contributed by atoms with van der Waals surface area (Å²) in [6.07, 6.45) is 2.42. The smallest absolute Gasteiger partial charge is 0.306 e. The highest BCUT2D eigenvalue weighted by molar-refractivity contribution is 7.12. The molecule has 1 aliphatic rings. The van der Waals surface area contributed by atoms with Gasteiger partial charge in [-0.2, -0.15) is 0 Å². The molecule has 0 bridgehead atoms. The molecular weight excluding hydrogens is 336 g/mol. The second-order valence-corrected chi connectivity index (χ2v) is 7.18. The molecule has 3 rings (SSSR count). The van der Waals surface area contributed by atoms with Gasteiger partial charge in [0.15, 0.2) is 11.9 Å². The molecule has 25 heavy (non-hydrogen) atoms. The molecule has 1 aromatic carbocycles. The van der Waals surface area contributed by atoms with Crippen LogP contribution >= 0.6 is 11.3 Å². The fourth-order valence-corrected chi connectivity index (χ4v) is 3.74. The lowest BCUT2D eigenvalue weighted by molar-refractivity contribution is -0.146. The molecule has 1 atom stereocenters. The van der Waals surface area contributed by atoms with Crippen LogP contribution in [0.15, 0.2) is 35.7 Å². The maximum absolute atomic E-state index is 12.5. The Hall–Kier alpha value is -2.27. The van der Waals surface area contributed by atoms with Gasteiger partial charge in [0.1, 0.15) is 0 Å². The topological polar surface area (TPSA) is 60.4 Å². The zero-order valence-corrected chi connectivity index (χ0v) is 14.9. The lowest BCUT2D eigenvalue weighted by Crippen LogP contribution is -2.24. The van der Waals surface area contributed by atoms with Crippen LogP contribution in [0.25, 0.3) is 0 Å². The van der Waals surface area contributed by atoms with Gasteiger partial charge >= 0.3 is 5.97 Å². The summed E-state index contributed by atoms with van der Waals surface area (Å²) in [5.74, 6) is -0.802. The highest BCUT2D eigenvalue weighted by Gasteiger charge is 2.22. The maximum atomic E-state index is 12.5. The maximum Gasteiger partial charge on any atom is 0.306 e. The lowest BCUT2D eigenvalue weighted by atomic mass is 10.0. The third-order valence-electron chi connectivity index (χ3n) is 4.41. The summed E-state index contributed by atoms with van der Waals surface area (Å²) >= 11 is 1.35. The Labute approximate surface area is 150 Å². The molecule has 1 unspecified atom stereocenters. The van der Waals surface area contributed by atoms with Crippen LogP contribution in [0.5, 0.6) is 0 Å². The highest BCUT2D eigenvalue weighted by Crippen LogP contribution is 2.23. The molecule has 0 saturated heterocycles. The van der Waals surface area contributed by atoms with Crippen LogP contribution in [0.2, 0.25) is 0 Å². The number of carbonyl (C=O) groups excluding carboxylic acids is 3. The highest BCUT2D eigenvalue weighted by atomic mass is 32.1. The van der Waals surface area contributed by atoms with Crippen molar-refractivity contribution in [3.63, 3.8) is 0 Å². The molecule has 0 spiro atoms. The summed E-state index contributed by atoms with van der Waals surface area (Å²) < 4.78 is 5.22. The first-order chi connectivity index (χ1) is 12.0. The van der Waals surface area contributed by atoms with E-state index in [-0.39, 0.29) is 24.4 Å². The van der Waals surface area contributed by atoms with E-state index in [1.807, 2.05) is 17.5 Å². The van der Waals surface area contributed by atoms with E-state index >= 15 is 0 Å². The largest absolute Gasteiger partial charge is 0.454 e. The van der Waals surface area contributed by atoms with Crippen molar-refractivity contribution in [3.8, 4) is 0 Å². The predicted octanol–water partition coefficient (Wildman–Crippen LogP) is 4.01. The number of aryl methyl sites for hydroxylation is 2. The number of carbonyl (C=O) groups is 3. The predicted molar refractivity (Wildman–Crippen MR) is 96.2 cm³/mol. The number of Topliss-reactive ketones (excluding diaryl/α,β-unsaturated/α-hetero) is 2. The number of ketones is 2.